The number of rotatable bonds is 13. The molecule has 0 saturated carbocycles. The van der Waals surface area contributed by atoms with Gasteiger partial charge < -0.3 is 83.0 Å². The van der Waals surface area contributed by atoms with Crippen LogP contribution in [0.2, 0.25) is 0 Å². The molecule has 0 radical (unpaired) electrons. The molecule has 0 aliphatic rings. The van der Waals surface area contributed by atoms with Crippen molar-refractivity contribution in [2.75, 3.05) is 0 Å². The minimum atomic E-state index is -1.45. The number of hydrogen-bond donors (Lipinski definition) is 8. The maximum absolute atomic E-state index is 9.97. The Labute approximate surface area is 246 Å². The molecule has 0 unspecified atom stereocenters. The summed E-state index contributed by atoms with van der Waals surface area (Å²) in [6, 6.07) is -5.15. The van der Waals surface area contributed by atoms with Gasteiger partial charge in [-0.3, -0.25) is 19.2 Å². The standard InChI is InChI=1S/C5H9NO4.3C4H7NO4.Ca/c6-3(5(9)10)1-2-4(7)8;3*5-2(4(8)9)1-3(6)7;/h3H,1-2,6H2,(H,7,8)(H,9,10);3*2H,1,5H2,(H,6,7)(H,8,9);/q;;;;+2/p-2/t3-;3*2-;/m0000./s1. The molecule has 38 heavy (non-hydrogen) atoms. The summed E-state index contributed by atoms with van der Waals surface area (Å²) < 4.78 is 0. The third-order valence-electron chi connectivity index (χ3n) is 3.09. The Morgan fingerprint density at radius 1 is 0.500 bits per heavy atom. The summed E-state index contributed by atoms with van der Waals surface area (Å²) in [6.45, 7) is 0. The van der Waals surface area contributed by atoms with E-state index in [1.165, 1.54) is 0 Å². The van der Waals surface area contributed by atoms with Crippen molar-refractivity contribution in [2.24, 2.45) is 22.9 Å². The third kappa shape index (κ3) is 37.4. The van der Waals surface area contributed by atoms with E-state index in [1.807, 2.05) is 0 Å². The van der Waals surface area contributed by atoms with Crippen LogP contribution in [-0.2, 0) is 38.4 Å². The zero-order chi connectivity index (χ0) is 30.5. The smallest absolute Gasteiger partial charge is 0.550 e. The van der Waals surface area contributed by atoms with Crippen LogP contribution in [0.4, 0.5) is 0 Å². The molecule has 0 rings (SSSR count). The molecule has 0 heterocycles. The zero-order valence-electron chi connectivity index (χ0n) is 21.5. The van der Waals surface area contributed by atoms with Gasteiger partial charge in [0.2, 0.25) is 0 Å². The first-order valence-corrected chi connectivity index (χ1v) is 9.38. The summed E-state index contributed by atoms with van der Waals surface area (Å²) in [5, 5.41) is 70.9. The molecular weight excluding hydrogens is 556 g/mol. The van der Waals surface area contributed by atoms with Gasteiger partial charge in [-0.25, -0.2) is 0 Å². The van der Waals surface area contributed by atoms with Crippen LogP contribution < -0.4 is 43.4 Å². The number of carbonyl (C=O) groups excluding carboxylic acids is 4. The molecule has 0 aliphatic heterocycles. The Kier molecular flexibility index (Phi) is 30.1. The van der Waals surface area contributed by atoms with Crippen LogP contribution in [0.3, 0.4) is 0 Å². The van der Waals surface area contributed by atoms with Gasteiger partial charge in [0, 0.05) is 43.1 Å². The fourth-order valence-corrected chi connectivity index (χ4v) is 1.20. The Morgan fingerprint density at radius 3 is 0.816 bits per heavy atom. The Bertz CT molecular complexity index is 744. The molecule has 0 aromatic heterocycles. The summed E-state index contributed by atoms with van der Waals surface area (Å²) >= 11 is 0. The Hall–Kier alpha value is -3.14. The average Bonchev–Trinajstić information content (AvgIpc) is 2.71. The first-order valence-electron chi connectivity index (χ1n) is 9.38. The van der Waals surface area contributed by atoms with E-state index in [9.17, 15) is 58.8 Å². The van der Waals surface area contributed by atoms with Gasteiger partial charge >= 0.3 is 64.5 Å². The van der Waals surface area contributed by atoms with E-state index in [0.29, 0.717) is 0 Å². The van der Waals surface area contributed by atoms with Crippen LogP contribution in [0, 0.1) is 0 Å². The maximum atomic E-state index is 9.97. The van der Waals surface area contributed by atoms with Crippen LogP contribution in [0.25, 0.3) is 0 Å². The van der Waals surface area contributed by atoms with Crippen LogP contribution in [0.5, 0.6) is 0 Å². The van der Waals surface area contributed by atoms with Gasteiger partial charge in [-0.15, -0.1) is 0 Å². The summed E-state index contributed by atoms with van der Waals surface area (Å²) in [6.07, 6.45) is -2.33. The molecule has 20 nitrogen and oxygen atoms in total. The van der Waals surface area contributed by atoms with Crippen molar-refractivity contribution in [1.29, 1.82) is 0 Å². The largest absolute Gasteiger partial charge is 2.00 e. The molecule has 0 amide bonds. The van der Waals surface area contributed by atoms with Crippen molar-refractivity contribution in [3.8, 4) is 0 Å². The van der Waals surface area contributed by atoms with E-state index in [2.05, 4.69) is 0 Å². The van der Waals surface area contributed by atoms with Crippen molar-refractivity contribution in [2.45, 2.75) is 56.3 Å². The molecule has 0 saturated heterocycles. The van der Waals surface area contributed by atoms with Crippen molar-refractivity contribution >= 4 is 85.5 Å². The Morgan fingerprint density at radius 2 is 0.711 bits per heavy atom. The topological polar surface area (TPSA) is 414 Å². The zero-order valence-corrected chi connectivity index (χ0v) is 21.8. The number of nitrogens with two attached hydrogens (primary N) is 4. The summed E-state index contributed by atoms with van der Waals surface area (Å²) in [4.78, 5) is 78.2. The molecular formula is C17H28CaN4O16. The van der Waals surface area contributed by atoms with Crippen molar-refractivity contribution in [3.63, 3.8) is 0 Å². The van der Waals surface area contributed by atoms with E-state index in [-0.39, 0.29) is 53.4 Å². The van der Waals surface area contributed by atoms with Gasteiger partial charge in [0.15, 0.2) is 0 Å². The molecule has 0 fully saturated rings. The van der Waals surface area contributed by atoms with Crippen LogP contribution in [-0.4, -0.2) is 130 Å². The minimum Gasteiger partial charge on any atom is -0.550 e. The number of hydrogen-bond acceptors (Lipinski definition) is 16. The summed E-state index contributed by atoms with van der Waals surface area (Å²) in [7, 11) is 0. The Balaban J connectivity index is -0.0000000709. The van der Waals surface area contributed by atoms with Gasteiger partial charge in [-0.1, -0.05) is 0 Å². The second kappa shape index (κ2) is 25.5. The maximum Gasteiger partial charge on any atom is 2.00 e. The average molecular weight is 585 g/mol. The van der Waals surface area contributed by atoms with E-state index >= 15 is 0 Å². The third-order valence-corrected chi connectivity index (χ3v) is 3.09. The van der Waals surface area contributed by atoms with Gasteiger partial charge in [-0.05, 0) is 12.8 Å². The van der Waals surface area contributed by atoms with Gasteiger partial charge in [0.25, 0.3) is 0 Å². The molecule has 12 N–H and O–H groups in total. The normalized spacial score (nSPS) is 12.2. The van der Waals surface area contributed by atoms with Crippen LogP contribution in [0.1, 0.15) is 35.0 Å². The van der Waals surface area contributed by atoms with Crippen LogP contribution >= 0.6 is 0 Å². The van der Waals surface area contributed by atoms with E-state index in [0.717, 1.165) is 0 Å². The first kappa shape index (κ1) is 44.8. The van der Waals surface area contributed by atoms with E-state index in [4.69, 9.17) is 43.4 Å². The predicted octanol–water partition coefficient (Wildman–Crippen LogP) is -9.61. The number of carbonyl (C=O) groups is 8. The molecule has 0 aromatic carbocycles. The van der Waals surface area contributed by atoms with Crippen molar-refractivity contribution in [1.82, 2.24) is 0 Å². The SMILES string of the molecule is N[C@@H](CC(=O)[O-])C(=O)O.N[C@@H](CC(=O)[O-])C(=O)O.N[C@@H](CC(=O)[O-])C(=O)O.N[C@@H](CCC(=O)[O-])C(=O)O.[Ca+2].[H+].[H+]. The molecule has 0 aliphatic carbocycles. The van der Waals surface area contributed by atoms with Crippen molar-refractivity contribution < 1.29 is 82.1 Å². The van der Waals surface area contributed by atoms with Crippen molar-refractivity contribution in [3.05, 3.63) is 0 Å². The van der Waals surface area contributed by atoms with Crippen LogP contribution in [0.15, 0.2) is 0 Å². The minimum absolute atomic E-state index is 0. The predicted molar refractivity (Wildman–Crippen MR) is 114 cm³/mol. The molecule has 214 valence electrons. The number of aliphatic carboxylic acids is 8. The van der Waals surface area contributed by atoms with Gasteiger partial charge in [-0.2, -0.15) is 0 Å². The van der Waals surface area contributed by atoms with E-state index in [1.54, 1.807) is 0 Å². The van der Waals surface area contributed by atoms with E-state index < -0.39 is 91.2 Å². The quantitative estimate of drug-likeness (QED) is 0.0930. The summed E-state index contributed by atoms with van der Waals surface area (Å²) in [5.74, 6) is -10.8. The number of carboxylic acids is 8. The first-order chi connectivity index (χ1) is 16.6. The monoisotopic (exact) mass is 584 g/mol. The fraction of sp³-hybridized carbons (Fsp3) is 0.529. The second-order valence-electron chi connectivity index (χ2n) is 6.42. The molecule has 21 heteroatoms. The fourth-order valence-electron chi connectivity index (χ4n) is 1.20. The van der Waals surface area contributed by atoms with Gasteiger partial charge in [0.05, 0.1) is 0 Å². The second-order valence-corrected chi connectivity index (χ2v) is 6.42. The molecule has 0 spiro atoms. The summed E-state index contributed by atoms with van der Waals surface area (Å²) in [5.41, 5.74) is 19.4. The molecule has 0 aromatic rings. The molecule has 0 bridgehead atoms. The number of carboxylic acid groups (broad SMARTS) is 8. The molecule has 4 atom stereocenters. The van der Waals surface area contributed by atoms with Gasteiger partial charge in [0.1, 0.15) is 24.2 Å².